The summed E-state index contributed by atoms with van der Waals surface area (Å²) in [5, 5.41) is 1.10. The summed E-state index contributed by atoms with van der Waals surface area (Å²) in [7, 11) is 2.03. The predicted octanol–water partition coefficient (Wildman–Crippen LogP) is 5.11. The fourth-order valence-electron chi connectivity index (χ4n) is 2.90. The molecule has 0 saturated carbocycles. The zero-order valence-electron chi connectivity index (χ0n) is 15.5. The van der Waals surface area contributed by atoms with Crippen LogP contribution in [0.4, 0.5) is 0 Å². The van der Waals surface area contributed by atoms with Crippen LogP contribution in [-0.2, 0) is 18.3 Å². The van der Waals surface area contributed by atoms with Crippen molar-refractivity contribution in [2.45, 2.75) is 31.2 Å². The van der Waals surface area contributed by atoms with Gasteiger partial charge in [0.25, 0.3) is 0 Å². The van der Waals surface area contributed by atoms with Gasteiger partial charge in [-0.2, -0.15) is 0 Å². The molecule has 2 heterocycles. The molecule has 0 amide bonds. The monoisotopic (exact) mass is 364 g/mol. The molecule has 0 saturated heterocycles. The molecule has 0 radical (unpaired) electrons. The summed E-state index contributed by atoms with van der Waals surface area (Å²) in [5.41, 5.74) is 4.66. The largest absolute Gasteiger partial charge is 0.339 e. The Kier molecular flexibility index (Phi) is 5.94. The molecular weight excluding hydrogens is 340 g/mol. The van der Waals surface area contributed by atoms with Gasteiger partial charge in [0.05, 0.1) is 10.8 Å². The van der Waals surface area contributed by atoms with E-state index in [1.807, 2.05) is 19.2 Å². The van der Waals surface area contributed by atoms with Gasteiger partial charge >= 0.3 is 0 Å². The van der Waals surface area contributed by atoms with Crippen LogP contribution in [0, 0.1) is 0 Å². The van der Waals surface area contributed by atoms with E-state index in [2.05, 4.69) is 59.8 Å². The second-order valence-electron chi connectivity index (χ2n) is 6.75. The van der Waals surface area contributed by atoms with E-state index in [1.165, 1.54) is 5.56 Å². The van der Waals surface area contributed by atoms with E-state index in [9.17, 15) is 4.79 Å². The maximum Gasteiger partial charge on any atom is 0.147 e. The minimum atomic E-state index is 0.249. The number of Topliss-reactive ketones (excluding diaryl/α,β-unsaturated/α-hetero) is 1. The number of carbonyl (C=O) groups is 1. The molecule has 2 aromatic heterocycles. The quantitative estimate of drug-likeness (QED) is 0.546. The van der Waals surface area contributed by atoms with Crippen LogP contribution in [0.15, 0.2) is 66.0 Å². The first-order valence-electron chi connectivity index (χ1n) is 8.84. The standard InChI is InChI=1S/C22H24N2OS/c1-16(2)18-6-4-17(5-7-18)14-20(25)15-26-22-9-8-21(24(22)3)19-10-12-23-13-11-19/h4-13,16H,14-15H2,1-3H3. The average Bonchev–Trinajstić information content (AvgIpc) is 3.02. The first-order valence-corrected chi connectivity index (χ1v) is 9.82. The lowest BCUT2D eigenvalue weighted by Crippen LogP contribution is -2.06. The Labute approximate surface area is 159 Å². The Hall–Kier alpha value is -2.33. The number of hydrogen-bond donors (Lipinski definition) is 0. The van der Waals surface area contributed by atoms with Crippen LogP contribution in [0.1, 0.15) is 30.9 Å². The lowest BCUT2D eigenvalue weighted by molar-refractivity contribution is -0.116. The van der Waals surface area contributed by atoms with Crippen molar-refractivity contribution in [3.63, 3.8) is 0 Å². The predicted molar refractivity (Wildman–Crippen MR) is 109 cm³/mol. The van der Waals surface area contributed by atoms with Crippen molar-refractivity contribution in [3.05, 3.63) is 72.1 Å². The summed E-state index contributed by atoms with van der Waals surface area (Å²) in [6, 6.07) is 16.5. The normalized spacial score (nSPS) is 11.1. The molecule has 0 bridgehead atoms. The number of rotatable bonds is 7. The molecule has 0 atom stereocenters. The molecule has 134 valence electrons. The van der Waals surface area contributed by atoms with Gasteiger partial charge in [0.1, 0.15) is 5.78 Å². The number of carbonyl (C=O) groups excluding carboxylic acids is 1. The zero-order valence-corrected chi connectivity index (χ0v) is 16.3. The van der Waals surface area contributed by atoms with Gasteiger partial charge in [-0.3, -0.25) is 9.78 Å². The highest BCUT2D eigenvalue weighted by Crippen LogP contribution is 2.27. The molecule has 0 fully saturated rings. The molecule has 0 spiro atoms. The van der Waals surface area contributed by atoms with Crippen LogP contribution >= 0.6 is 11.8 Å². The summed E-state index contributed by atoms with van der Waals surface area (Å²) in [5.74, 6) is 1.25. The average molecular weight is 365 g/mol. The molecule has 4 heteroatoms. The van der Waals surface area contributed by atoms with Crippen molar-refractivity contribution in [1.29, 1.82) is 0 Å². The summed E-state index contributed by atoms with van der Waals surface area (Å²) in [4.78, 5) is 16.4. The SMILES string of the molecule is CC(C)c1ccc(CC(=O)CSc2ccc(-c3ccncc3)n2C)cc1. The Morgan fingerprint density at radius 1 is 1.04 bits per heavy atom. The molecule has 3 aromatic rings. The van der Waals surface area contributed by atoms with Crippen molar-refractivity contribution >= 4 is 17.5 Å². The number of benzene rings is 1. The van der Waals surface area contributed by atoms with E-state index in [0.717, 1.165) is 21.8 Å². The molecule has 0 N–H and O–H groups in total. The van der Waals surface area contributed by atoms with E-state index in [-0.39, 0.29) is 5.78 Å². The molecule has 0 aliphatic carbocycles. The summed E-state index contributed by atoms with van der Waals surface area (Å²) in [6.45, 7) is 4.35. The number of pyridine rings is 1. The second kappa shape index (κ2) is 8.37. The van der Waals surface area contributed by atoms with Gasteiger partial charge in [-0.05, 0) is 41.3 Å². The van der Waals surface area contributed by atoms with Crippen molar-refractivity contribution < 1.29 is 4.79 Å². The highest BCUT2D eigenvalue weighted by molar-refractivity contribution is 7.99. The van der Waals surface area contributed by atoms with Gasteiger partial charge in [0.2, 0.25) is 0 Å². The molecule has 26 heavy (non-hydrogen) atoms. The highest BCUT2D eigenvalue weighted by Gasteiger charge is 2.10. The van der Waals surface area contributed by atoms with Gasteiger partial charge in [0, 0.05) is 37.1 Å². The lowest BCUT2D eigenvalue weighted by atomic mass is 10.0. The number of hydrogen-bond acceptors (Lipinski definition) is 3. The lowest BCUT2D eigenvalue weighted by Gasteiger charge is -2.08. The van der Waals surface area contributed by atoms with Gasteiger partial charge in [-0.15, -0.1) is 11.8 Å². The van der Waals surface area contributed by atoms with E-state index in [4.69, 9.17) is 0 Å². The van der Waals surface area contributed by atoms with Crippen molar-refractivity contribution in [1.82, 2.24) is 9.55 Å². The third kappa shape index (κ3) is 4.44. The fraction of sp³-hybridized carbons (Fsp3) is 0.273. The van der Waals surface area contributed by atoms with Gasteiger partial charge < -0.3 is 4.57 Å². The summed E-state index contributed by atoms with van der Waals surface area (Å²) < 4.78 is 2.13. The minimum absolute atomic E-state index is 0.249. The summed E-state index contributed by atoms with van der Waals surface area (Å²) in [6.07, 6.45) is 4.08. The Morgan fingerprint density at radius 2 is 1.73 bits per heavy atom. The Bertz CT molecular complexity index is 867. The smallest absolute Gasteiger partial charge is 0.147 e. The van der Waals surface area contributed by atoms with Crippen LogP contribution in [0.5, 0.6) is 0 Å². The number of nitrogens with zero attached hydrogens (tertiary/aromatic N) is 2. The van der Waals surface area contributed by atoms with E-state index >= 15 is 0 Å². The number of aromatic nitrogens is 2. The van der Waals surface area contributed by atoms with Crippen LogP contribution in [0.25, 0.3) is 11.3 Å². The molecule has 1 aromatic carbocycles. The molecule has 3 rings (SSSR count). The van der Waals surface area contributed by atoms with E-state index in [0.29, 0.717) is 18.1 Å². The van der Waals surface area contributed by atoms with Crippen LogP contribution < -0.4 is 0 Å². The van der Waals surface area contributed by atoms with Crippen LogP contribution in [0.2, 0.25) is 0 Å². The van der Waals surface area contributed by atoms with Crippen LogP contribution in [-0.4, -0.2) is 21.1 Å². The first-order chi connectivity index (χ1) is 12.5. The van der Waals surface area contributed by atoms with Crippen LogP contribution in [0.3, 0.4) is 0 Å². The number of ketones is 1. The minimum Gasteiger partial charge on any atom is -0.339 e. The third-order valence-corrected chi connectivity index (χ3v) is 5.65. The van der Waals surface area contributed by atoms with Crippen molar-refractivity contribution in [2.24, 2.45) is 7.05 Å². The van der Waals surface area contributed by atoms with E-state index < -0.39 is 0 Å². The molecule has 0 unspecified atom stereocenters. The van der Waals surface area contributed by atoms with Gasteiger partial charge in [0.15, 0.2) is 0 Å². The van der Waals surface area contributed by atoms with Gasteiger partial charge in [-0.25, -0.2) is 0 Å². The fourth-order valence-corrected chi connectivity index (χ4v) is 3.77. The first kappa shape index (κ1) is 18.5. The van der Waals surface area contributed by atoms with E-state index in [1.54, 1.807) is 24.2 Å². The maximum atomic E-state index is 12.4. The maximum absolute atomic E-state index is 12.4. The Balaban J connectivity index is 1.59. The Morgan fingerprint density at radius 3 is 2.38 bits per heavy atom. The van der Waals surface area contributed by atoms with Crippen molar-refractivity contribution in [3.8, 4) is 11.3 Å². The molecule has 3 nitrogen and oxygen atoms in total. The van der Waals surface area contributed by atoms with Crippen molar-refractivity contribution in [2.75, 3.05) is 5.75 Å². The number of thioether (sulfide) groups is 1. The zero-order chi connectivity index (χ0) is 18.5. The highest BCUT2D eigenvalue weighted by atomic mass is 32.2. The topological polar surface area (TPSA) is 34.9 Å². The third-order valence-electron chi connectivity index (χ3n) is 4.48. The second-order valence-corrected chi connectivity index (χ2v) is 7.75. The molecule has 0 aliphatic rings. The molecule has 0 aliphatic heterocycles. The van der Waals surface area contributed by atoms with Gasteiger partial charge in [-0.1, -0.05) is 38.1 Å². The summed E-state index contributed by atoms with van der Waals surface area (Å²) >= 11 is 1.60. The molecular formula is C22H24N2OS.